The molecule has 11 heteroatoms. The lowest BCUT2D eigenvalue weighted by Crippen LogP contribution is -2.50. The van der Waals surface area contributed by atoms with Crippen molar-refractivity contribution in [2.75, 3.05) is 18.1 Å². The minimum Gasteiger partial charge on any atom is -0.484 e. The lowest BCUT2D eigenvalue weighted by atomic mass is 9.81. The van der Waals surface area contributed by atoms with Gasteiger partial charge in [0.1, 0.15) is 5.75 Å². The summed E-state index contributed by atoms with van der Waals surface area (Å²) in [5, 5.41) is 2.94. The molecule has 194 valence electrons. The van der Waals surface area contributed by atoms with E-state index < -0.39 is 28.2 Å². The van der Waals surface area contributed by atoms with E-state index in [2.05, 4.69) is 10.3 Å². The van der Waals surface area contributed by atoms with E-state index in [0.717, 1.165) is 5.57 Å². The van der Waals surface area contributed by atoms with Crippen molar-refractivity contribution in [3.63, 3.8) is 0 Å². The molecule has 1 aliphatic carbocycles. The average Bonchev–Trinajstić information content (AvgIpc) is 3.03. The number of carbonyl (C=O) groups excluding carboxylic acids is 1. The fourth-order valence-electron chi connectivity index (χ4n) is 4.48. The molecule has 0 radical (unpaired) electrons. The number of carbonyl (C=O) groups is 1. The lowest BCUT2D eigenvalue weighted by Gasteiger charge is -2.31. The Morgan fingerprint density at radius 2 is 2.06 bits per heavy atom. The molecule has 1 saturated heterocycles. The number of hydrogen-bond acceptors (Lipinski definition) is 6. The van der Waals surface area contributed by atoms with Crippen LogP contribution in [0.25, 0.3) is 5.70 Å². The molecule has 35 heavy (non-hydrogen) atoms. The average molecular weight is 516 g/mol. The number of ether oxygens (including phenoxy) is 1. The molecule has 0 bridgehead atoms. The van der Waals surface area contributed by atoms with Crippen molar-refractivity contribution in [2.45, 2.75) is 64.2 Å². The SMILES string of the molecule is CC(C)N=C1C[C@H](C(=O)N[C@@]2(C)CCS(=O)(=O)C2)CCC1=C(N)c1cccc(OCC(F)(F)F)c1. The van der Waals surface area contributed by atoms with Gasteiger partial charge in [0.15, 0.2) is 16.4 Å². The van der Waals surface area contributed by atoms with Gasteiger partial charge in [-0.2, -0.15) is 13.2 Å². The Balaban J connectivity index is 1.80. The standard InChI is InChI=1S/C24H32F3N3O4S/c1-15(2)29-20-12-17(22(31)30-23(3)9-10-35(32,33)14-23)7-8-19(20)21(28)16-5-4-6-18(11-16)34-13-24(25,26)27/h4-6,11,15,17H,7-10,12-14,28H2,1-3H3,(H,30,31)/t17-,23+/m1/s1. The van der Waals surface area contributed by atoms with Gasteiger partial charge >= 0.3 is 6.18 Å². The maximum absolute atomic E-state index is 13.0. The zero-order valence-corrected chi connectivity index (χ0v) is 20.9. The van der Waals surface area contributed by atoms with Gasteiger partial charge in [0.05, 0.1) is 17.0 Å². The summed E-state index contributed by atoms with van der Waals surface area (Å²) in [4.78, 5) is 17.7. The highest BCUT2D eigenvalue weighted by molar-refractivity contribution is 7.91. The molecule has 1 saturated carbocycles. The largest absolute Gasteiger partial charge is 0.484 e. The second-order valence-corrected chi connectivity index (χ2v) is 12.0. The van der Waals surface area contributed by atoms with Crippen molar-refractivity contribution in [3.05, 3.63) is 35.4 Å². The molecule has 0 aromatic heterocycles. The maximum atomic E-state index is 13.0. The molecule has 3 rings (SSSR count). The first-order chi connectivity index (χ1) is 16.2. The number of aliphatic imine (C=N–C) groups is 1. The number of benzene rings is 1. The Morgan fingerprint density at radius 3 is 2.66 bits per heavy atom. The fourth-order valence-corrected chi connectivity index (χ4v) is 6.57. The van der Waals surface area contributed by atoms with Crippen LogP contribution >= 0.6 is 0 Å². The summed E-state index contributed by atoms with van der Waals surface area (Å²) in [6.07, 6.45) is -2.78. The normalized spacial score (nSPS) is 27.2. The van der Waals surface area contributed by atoms with Crippen LogP contribution < -0.4 is 15.8 Å². The first-order valence-corrected chi connectivity index (χ1v) is 13.4. The number of rotatable bonds is 6. The molecule has 7 nitrogen and oxygen atoms in total. The highest BCUT2D eigenvalue weighted by atomic mass is 32.2. The number of halogens is 3. The Hall–Kier alpha value is -2.56. The van der Waals surface area contributed by atoms with Crippen LogP contribution in [0, 0.1) is 5.92 Å². The van der Waals surface area contributed by atoms with Gasteiger partial charge in [-0.3, -0.25) is 9.79 Å². The molecule has 2 atom stereocenters. The second kappa shape index (κ2) is 10.2. The third kappa shape index (κ3) is 7.46. The van der Waals surface area contributed by atoms with Crippen LogP contribution in [-0.2, 0) is 14.6 Å². The molecule has 3 N–H and O–H groups in total. The highest BCUT2D eigenvalue weighted by Gasteiger charge is 2.41. The van der Waals surface area contributed by atoms with E-state index in [1.54, 1.807) is 19.1 Å². The van der Waals surface area contributed by atoms with Crippen LogP contribution in [0.1, 0.15) is 52.0 Å². The number of hydrogen-bond donors (Lipinski definition) is 2. The Kier molecular flexibility index (Phi) is 7.88. The fraction of sp³-hybridized carbons (Fsp3) is 0.583. The molecule has 1 aromatic rings. The van der Waals surface area contributed by atoms with Crippen molar-refractivity contribution >= 4 is 27.2 Å². The van der Waals surface area contributed by atoms with Crippen LogP contribution in [0.3, 0.4) is 0 Å². The van der Waals surface area contributed by atoms with Crippen LogP contribution in [0.5, 0.6) is 5.75 Å². The summed E-state index contributed by atoms with van der Waals surface area (Å²) in [5.74, 6) is -0.551. The first kappa shape index (κ1) is 27.0. The minimum absolute atomic E-state index is 0.0542. The predicted molar refractivity (Wildman–Crippen MR) is 129 cm³/mol. The quantitative estimate of drug-likeness (QED) is 0.601. The molecule has 0 unspecified atom stereocenters. The smallest absolute Gasteiger partial charge is 0.422 e. The van der Waals surface area contributed by atoms with Crippen LogP contribution in [0.2, 0.25) is 0 Å². The summed E-state index contributed by atoms with van der Waals surface area (Å²) < 4.78 is 66.2. The summed E-state index contributed by atoms with van der Waals surface area (Å²) >= 11 is 0. The van der Waals surface area contributed by atoms with Crippen LogP contribution in [0.4, 0.5) is 13.2 Å². The van der Waals surface area contributed by atoms with Gasteiger partial charge in [-0.1, -0.05) is 12.1 Å². The number of nitrogens with one attached hydrogen (secondary N) is 1. The Morgan fingerprint density at radius 1 is 1.34 bits per heavy atom. The van der Waals surface area contributed by atoms with E-state index in [4.69, 9.17) is 10.5 Å². The molecule has 1 aromatic carbocycles. The van der Waals surface area contributed by atoms with Gasteiger partial charge in [0, 0.05) is 35.4 Å². The number of sulfone groups is 1. The number of amides is 1. The summed E-state index contributed by atoms with van der Waals surface area (Å²) in [7, 11) is -3.16. The van der Waals surface area contributed by atoms with Gasteiger partial charge < -0.3 is 15.8 Å². The van der Waals surface area contributed by atoms with E-state index in [9.17, 15) is 26.4 Å². The monoisotopic (exact) mass is 515 g/mol. The number of alkyl halides is 3. The lowest BCUT2D eigenvalue weighted by molar-refractivity contribution is -0.153. The second-order valence-electron chi connectivity index (χ2n) is 9.83. The third-order valence-corrected chi connectivity index (χ3v) is 8.02. The van der Waals surface area contributed by atoms with E-state index in [1.165, 1.54) is 12.1 Å². The van der Waals surface area contributed by atoms with Crippen molar-refractivity contribution in [1.82, 2.24) is 5.32 Å². The van der Waals surface area contributed by atoms with Crippen molar-refractivity contribution < 1.29 is 31.1 Å². The van der Waals surface area contributed by atoms with E-state index in [-0.39, 0.29) is 35.1 Å². The van der Waals surface area contributed by atoms with E-state index in [0.29, 0.717) is 42.7 Å². The number of nitrogens with two attached hydrogens (primary N) is 1. The summed E-state index contributed by atoms with van der Waals surface area (Å²) in [6, 6.07) is 6.09. The van der Waals surface area contributed by atoms with Crippen molar-refractivity contribution in [1.29, 1.82) is 0 Å². The van der Waals surface area contributed by atoms with Gasteiger partial charge in [0.2, 0.25) is 5.91 Å². The van der Waals surface area contributed by atoms with E-state index >= 15 is 0 Å². The molecule has 1 heterocycles. The van der Waals surface area contributed by atoms with Gasteiger partial charge in [0.25, 0.3) is 0 Å². The zero-order chi connectivity index (χ0) is 26.0. The predicted octanol–water partition coefficient (Wildman–Crippen LogP) is 3.64. The molecule has 1 amide bonds. The highest BCUT2D eigenvalue weighted by Crippen LogP contribution is 2.33. The maximum Gasteiger partial charge on any atom is 0.422 e. The summed E-state index contributed by atoms with van der Waals surface area (Å²) in [6.45, 7) is 4.16. The molecule has 0 spiro atoms. The van der Waals surface area contributed by atoms with Crippen molar-refractivity contribution in [2.24, 2.45) is 16.6 Å². The molecule has 2 aliphatic rings. The first-order valence-electron chi connectivity index (χ1n) is 11.5. The van der Waals surface area contributed by atoms with Crippen LogP contribution in [-0.4, -0.2) is 55.9 Å². The Labute approximate surface area is 203 Å². The topological polar surface area (TPSA) is 111 Å². The van der Waals surface area contributed by atoms with Gasteiger partial charge in [-0.05, 0) is 57.7 Å². The number of nitrogens with zero attached hydrogens (tertiary/aromatic N) is 1. The molecule has 1 aliphatic heterocycles. The van der Waals surface area contributed by atoms with Crippen molar-refractivity contribution in [3.8, 4) is 5.75 Å². The molecular formula is C24H32F3N3O4S. The minimum atomic E-state index is -4.45. The molecule has 2 fully saturated rings. The Bertz CT molecular complexity index is 1130. The van der Waals surface area contributed by atoms with Crippen LogP contribution in [0.15, 0.2) is 34.8 Å². The molecular weight excluding hydrogens is 483 g/mol. The third-order valence-electron chi connectivity index (χ3n) is 6.12. The number of allylic oxidation sites excluding steroid dienone is 1. The summed E-state index contributed by atoms with van der Waals surface area (Å²) in [5.41, 5.74) is 8.00. The van der Waals surface area contributed by atoms with E-state index in [1.807, 2.05) is 13.8 Å². The van der Waals surface area contributed by atoms with Gasteiger partial charge in [-0.15, -0.1) is 0 Å². The van der Waals surface area contributed by atoms with Gasteiger partial charge in [-0.25, -0.2) is 8.42 Å². The zero-order valence-electron chi connectivity index (χ0n) is 20.1.